The van der Waals surface area contributed by atoms with Crippen LogP contribution in [0.15, 0.2) is 18.2 Å². The molecule has 2 N–H and O–H groups in total. The van der Waals surface area contributed by atoms with Gasteiger partial charge in [0, 0.05) is 17.7 Å². The van der Waals surface area contributed by atoms with Crippen molar-refractivity contribution in [1.29, 1.82) is 0 Å². The number of likely N-dealkylation sites (tertiary alicyclic amines) is 1. The fourth-order valence-corrected chi connectivity index (χ4v) is 3.26. The summed E-state index contributed by atoms with van der Waals surface area (Å²) in [5, 5.41) is 8.58. The van der Waals surface area contributed by atoms with Gasteiger partial charge >= 0.3 is 0 Å². The summed E-state index contributed by atoms with van der Waals surface area (Å²) in [4.78, 5) is 13.5. The second-order valence-corrected chi connectivity index (χ2v) is 6.23. The molecular formula is C17H25FN2O2. The van der Waals surface area contributed by atoms with E-state index in [1.807, 2.05) is 0 Å². The minimum atomic E-state index is -0.695. The number of amides is 1. The van der Waals surface area contributed by atoms with Crippen LogP contribution in [0.3, 0.4) is 0 Å². The van der Waals surface area contributed by atoms with Gasteiger partial charge in [-0.3, -0.25) is 14.9 Å². The van der Waals surface area contributed by atoms with Gasteiger partial charge in [-0.15, -0.1) is 0 Å². The first kappa shape index (κ1) is 16.9. The molecular weight excluding hydrogens is 283 g/mol. The van der Waals surface area contributed by atoms with Crippen molar-refractivity contribution in [1.82, 2.24) is 10.4 Å². The van der Waals surface area contributed by atoms with Crippen LogP contribution in [0.5, 0.6) is 0 Å². The molecule has 2 rings (SSSR count). The van der Waals surface area contributed by atoms with E-state index < -0.39 is 11.7 Å². The number of carbonyl (C=O) groups excluding carboxylic acids is 1. The van der Waals surface area contributed by atoms with Crippen LogP contribution in [-0.2, 0) is 6.54 Å². The fourth-order valence-electron chi connectivity index (χ4n) is 3.26. The molecule has 0 bridgehead atoms. The SMILES string of the molecule is CCC1(CC)CCN(Cc2ccc(C(=O)NO)cc2F)CC1. The lowest BCUT2D eigenvalue weighted by Crippen LogP contribution is -2.39. The van der Waals surface area contributed by atoms with Crippen molar-refractivity contribution in [2.24, 2.45) is 5.41 Å². The Morgan fingerprint density at radius 1 is 1.32 bits per heavy atom. The predicted molar refractivity (Wildman–Crippen MR) is 83.2 cm³/mol. The van der Waals surface area contributed by atoms with Crippen LogP contribution in [0.25, 0.3) is 0 Å². The minimum Gasteiger partial charge on any atom is -0.299 e. The summed E-state index contributed by atoms with van der Waals surface area (Å²) in [5.74, 6) is -1.09. The first-order valence-corrected chi connectivity index (χ1v) is 7.99. The Morgan fingerprint density at radius 3 is 2.45 bits per heavy atom. The molecule has 0 atom stereocenters. The van der Waals surface area contributed by atoms with Gasteiger partial charge in [0.2, 0.25) is 0 Å². The molecule has 5 heteroatoms. The van der Waals surface area contributed by atoms with Crippen molar-refractivity contribution < 1.29 is 14.4 Å². The quantitative estimate of drug-likeness (QED) is 0.648. The monoisotopic (exact) mass is 308 g/mol. The van der Waals surface area contributed by atoms with E-state index in [9.17, 15) is 9.18 Å². The molecule has 1 heterocycles. The topological polar surface area (TPSA) is 52.6 Å². The largest absolute Gasteiger partial charge is 0.299 e. The Bertz CT molecular complexity index is 519. The maximum atomic E-state index is 14.1. The van der Waals surface area contributed by atoms with Gasteiger partial charge in [-0.1, -0.05) is 32.8 Å². The maximum absolute atomic E-state index is 14.1. The fraction of sp³-hybridized carbons (Fsp3) is 0.588. The number of halogens is 1. The summed E-state index contributed by atoms with van der Waals surface area (Å²) >= 11 is 0. The van der Waals surface area contributed by atoms with Crippen LogP contribution in [0.1, 0.15) is 55.5 Å². The Morgan fingerprint density at radius 2 is 1.95 bits per heavy atom. The molecule has 0 aromatic heterocycles. The molecule has 0 saturated carbocycles. The zero-order valence-corrected chi connectivity index (χ0v) is 13.4. The summed E-state index contributed by atoms with van der Waals surface area (Å²) < 4.78 is 14.1. The molecule has 1 fully saturated rings. The molecule has 122 valence electrons. The number of rotatable bonds is 5. The van der Waals surface area contributed by atoms with Gasteiger partial charge in [-0.2, -0.15) is 0 Å². The number of benzene rings is 1. The highest BCUT2D eigenvalue weighted by molar-refractivity contribution is 5.93. The second kappa shape index (κ2) is 7.20. The van der Waals surface area contributed by atoms with Gasteiger partial charge in [0.1, 0.15) is 5.82 Å². The molecule has 22 heavy (non-hydrogen) atoms. The van der Waals surface area contributed by atoms with E-state index in [2.05, 4.69) is 18.7 Å². The van der Waals surface area contributed by atoms with Crippen molar-refractivity contribution in [2.75, 3.05) is 13.1 Å². The van der Waals surface area contributed by atoms with Crippen LogP contribution in [0.2, 0.25) is 0 Å². The first-order chi connectivity index (χ1) is 10.5. The lowest BCUT2D eigenvalue weighted by atomic mass is 9.74. The van der Waals surface area contributed by atoms with E-state index >= 15 is 0 Å². The maximum Gasteiger partial charge on any atom is 0.274 e. The van der Waals surface area contributed by atoms with Gasteiger partial charge in [-0.05, 0) is 43.5 Å². The average Bonchev–Trinajstić information content (AvgIpc) is 2.57. The van der Waals surface area contributed by atoms with Crippen molar-refractivity contribution >= 4 is 5.91 Å². The van der Waals surface area contributed by atoms with Gasteiger partial charge in [0.15, 0.2) is 0 Å². The highest BCUT2D eigenvalue weighted by Crippen LogP contribution is 2.38. The number of nitrogens with zero attached hydrogens (tertiary/aromatic N) is 1. The molecule has 1 saturated heterocycles. The summed E-state index contributed by atoms with van der Waals surface area (Å²) in [5.41, 5.74) is 2.69. The van der Waals surface area contributed by atoms with Crippen LogP contribution in [0, 0.1) is 11.2 Å². The molecule has 1 aliphatic rings. The second-order valence-electron chi connectivity index (χ2n) is 6.23. The molecule has 0 aliphatic carbocycles. The van der Waals surface area contributed by atoms with Crippen molar-refractivity contribution in [3.8, 4) is 0 Å². The normalized spacial score (nSPS) is 18.2. The van der Waals surface area contributed by atoms with E-state index in [-0.39, 0.29) is 5.56 Å². The first-order valence-electron chi connectivity index (χ1n) is 7.99. The summed E-state index contributed by atoms with van der Waals surface area (Å²) in [6.45, 7) is 7.05. The van der Waals surface area contributed by atoms with E-state index in [4.69, 9.17) is 5.21 Å². The van der Waals surface area contributed by atoms with Gasteiger partial charge in [0.25, 0.3) is 5.91 Å². The summed E-state index contributed by atoms with van der Waals surface area (Å²) in [7, 11) is 0. The smallest absolute Gasteiger partial charge is 0.274 e. The Balaban J connectivity index is 1.99. The van der Waals surface area contributed by atoms with Crippen molar-refractivity contribution in [3.05, 3.63) is 35.1 Å². The lowest BCUT2D eigenvalue weighted by Gasteiger charge is -2.41. The van der Waals surface area contributed by atoms with Crippen LogP contribution >= 0.6 is 0 Å². The molecule has 1 amide bonds. The molecule has 1 aliphatic heterocycles. The third kappa shape index (κ3) is 3.65. The van der Waals surface area contributed by atoms with Gasteiger partial charge in [-0.25, -0.2) is 9.87 Å². The van der Waals surface area contributed by atoms with Crippen LogP contribution in [0.4, 0.5) is 4.39 Å². The molecule has 1 aromatic rings. The Hall–Kier alpha value is -1.46. The number of hydrogen-bond donors (Lipinski definition) is 2. The number of hydrogen-bond acceptors (Lipinski definition) is 3. The third-order valence-electron chi connectivity index (χ3n) is 5.23. The van der Waals surface area contributed by atoms with Crippen LogP contribution < -0.4 is 5.48 Å². The molecule has 0 spiro atoms. The minimum absolute atomic E-state index is 0.123. The standard InChI is InChI=1S/C17H25FN2O2/c1-3-17(4-2)7-9-20(10-8-17)12-14-6-5-13(11-15(14)18)16(21)19-22/h5-6,11,22H,3-4,7-10,12H2,1-2H3,(H,19,21). The molecule has 0 radical (unpaired) electrons. The van der Waals surface area contributed by atoms with Crippen molar-refractivity contribution in [3.63, 3.8) is 0 Å². The van der Waals surface area contributed by atoms with E-state index in [0.717, 1.165) is 25.9 Å². The third-order valence-corrected chi connectivity index (χ3v) is 5.23. The van der Waals surface area contributed by atoms with E-state index in [0.29, 0.717) is 17.5 Å². The van der Waals surface area contributed by atoms with Gasteiger partial charge in [0.05, 0.1) is 0 Å². The number of piperidine rings is 1. The predicted octanol–water partition coefficient (Wildman–Crippen LogP) is 3.35. The zero-order valence-electron chi connectivity index (χ0n) is 13.4. The Kier molecular flexibility index (Phi) is 5.53. The summed E-state index contributed by atoms with van der Waals surface area (Å²) in [6, 6.07) is 4.34. The van der Waals surface area contributed by atoms with Crippen LogP contribution in [-0.4, -0.2) is 29.1 Å². The molecule has 4 nitrogen and oxygen atoms in total. The average molecular weight is 308 g/mol. The van der Waals surface area contributed by atoms with E-state index in [1.54, 1.807) is 6.07 Å². The highest BCUT2D eigenvalue weighted by Gasteiger charge is 2.31. The number of nitrogens with one attached hydrogen (secondary N) is 1. The Labute approximate surface area is 131 Å². The highest BCUT2D eigenvalue weighted by atomic mass is 19.1. The lowest BCUT2D eigenvalue weighted by molar-refractivity contribution is 0.0705. The summed E-state index contributed by atoms with van der Waals surface area (Å²) in [6.07, 6.45) is 4.73. The number of carbonyl (C=O) groups is 1. The molecule has 1 aromatic carbocycles. The van der Waals surface area contributed by atoms with Gasteiger partial charge < -0.3 is 0 Å². The number of hydroxylamine groups is 1. The van der Waals surface area contributed by atoms with Crippen molar-refractivity contribution in [2.45, 2.75) is 46.1 Å². The van der Waals surface area contributed by atoms with E-state index in [1.165, 1.54) is 30.5 Å². The zero-order chi connectivity index (χ0) is 16.2. The molecule has 0 unspecified atom stereocenters.